The highest BCUT2D eigenvalue weighted by molar-refractivity contribution is 8.26. The zero-order valence-electron chi connectivity index (χ0n) is 13.1. The first kappa shape index (κ1) is 16.6. The Labute approximate surface area is 150 Å². The van der Waals surface area contributed by atoms with Crippen LogP contribution in [0.2, 0.25) is 0 Å². The smallest absolute Gasteiger partial charge is 0.266 e. The molecule has 0 aliphatic carbocycles. The molecule has 0 atom stereocenters. The van der Waals surface area contributed by atoms with Crippen molar-refractivity contribution < 1.29 is 9.53 Å². The number of nitrogens with zero attached hydrogens (tertiary/aromatic N) is 1. The lowest BCUT2D eigenvalue weighted by Crippen LogP contribution is -2.27. The van der Waals surface area contributed by atoms with Gasteiger partial charge in [-0.3, -0.25) is 9.69 Å². The van der Waals surface area contributed by atoms with Gasteiger partial charge < -0.3 is 4.74 Å². The van der Waals surface area contributed by atoms with Crippen LogP contribution < -0.4 is 4.74 Å². The van der Waals surface area contributed by atoms with Crippen molar-refractivity contribution in [3.8, 4) is 18.1 Å². The number of carbonyl (C=O) groups excluding carboxylic acids is 1. The van der Waals surface area contributed by atoms with Gasteiger partial charge in [0.2, 0.25) is 0 Å². The van der Waals surface area contributed by atoms with Crippen molar-refractivity contribution in [3.63, 3.8) is 0 Å². The van der Waals surface area contributed by atoms with Gasteiger partial charge in [0.1, 0.15) is 16.7 Å². The number of hydrogen-bond donors (Lipinski definition) is 0. The van der Waals surface area contributed by atoms with Crippen molar-refractivity contribution in [1.82, 2.24) is 4.90 Å². The molecule has 0 saturated carbocycles. The second kappa shape index (κ2) is 7.08. The van der Waals surface area contributed by atoms with E-state index in [0.29, 0.717) is 21.5 Å². The second-order valence-corrected chi connectivity index (χ2v) is 6.79. The molecule has 3 nitrogen and oxygen atoms in total. The molecule has 2 aromatic rings. The molecule has 1 aliphatic rings. The lowest BCUT2D eigenvalue weighted by Gasteiger charge is -2.11. The maximum Gasteiger partial charge on any atom is 0.266 e. The van der Waals surface area contributed by atoms with Crippen molar-refractivity contribution >= 4 is 51.1 Å². The molecule has 0 spiro atoms. The van der Waals surface area contributed by atoms with Gasteiger partial charge in [-0.25, -0.2) is 0 Å². The van der Waals surface area contributed by atoms with E-state index >= 15 is 0 Å². The van der Waals surface area contributed by atoms with Crippen molar-refractivity contribution in [1.29, 1.82) is 0 Å². The minimum Gasteiger partial charge on any atom is -0.480 e. The van der Waals surface area contributed by atoms with Crippen molar-refractivity contribution in [2.45, 2.75) is 6.92 Å². The molecule has 120 valence electrons. The largest absolute Gasteiger partial charge is 0.480 e. The van der Waals surface area contributed by atoms with Gasteiger partial charge in [0, 0.05) is 12.1 Å². The third-order valence-corrected chi connectivity index (χ3v) is 5.08. The molecule has 1 aliphatic heterocycles. The number of benzene rings is 2. The summed E-state index contributed by atoms with van der Waals surface area (Å²) >= 11 is 6.59. The highest BCUT2D eigenvalue weighted by atomic mass is 32.2. The third kappa shape index (κ3) is 3.03. The lowest BCUT2D eigenvalue weighted by atomic mass is 10.0. The Bertz CT molecular complexity index is 896. The maximum absolute atomic E-state index is 12.5. The Kier molecular flexibility index (Phi) is 4.89. The molecule has 0 aromatic heterocycles. The number of ether oxygens (including phenoxy) is 1. The number of terminal acetylenes is 1. The van der Waals surface area contributed by atoms with E-state index in [1.165, 1.54) is 11.8 Å². The number of fused-ring (bicyclic) bond motifs is 1. The van der Waals surface area contributed by atoms with E-state index in [2.05, 4.69) is 5.92 Å². The lowest BCUT2D eigenvalue weighted by molar-refractivity contribution is -0.121. The molecule has 1 saturated heterocycles. The summed E-state index contributed by atoms with van der Waals surface area (Å²) < 4.78 is 6.26. The molecule has 1 heterocycles. The number of rotatable bonds is 4. The summed E-state index contributed by atoms with van der Waals surface area (Å²) in [4.78, 5) is 14.7. The molecule has 0 bridgehead atoms. The first-order valence-corrected chi connectivity index (χ1v) is 8.71. The van der Waals surface area contributed by atoms with Crippen LogP contribution in [-0.4, -0.2) is 28.3 Å². The molecular weight excluding hydrogens is 338 g/mol. The summed E-state index contributed by atoms with van der Waals surface area (Å²) in [7, 11) is 0. The standard InChI is InChI=1S/C19H15NO2S2/c1-3-11-22-16-10-9-13-7-5-6-8-14(13)15(16)12-17-18(21)20(4-2)19(23)24-17/h1,5-10,12H,4,11H2,2H3/b17-12-. The highest BCUT2D eigenvalue weighted by Crippen LogP contribution is 2.36. The first-order chi connectivity index (χ1) is 11.7. The van der Waals surface area contributed by atoms with Crippen LogP contribution in [-0.2, 0) is 4.79 Å². The summed E-state index contributed by atoms with van der Waals surface area (Å²) in [5.41, 5.74) is 0.847. The zero-order chi connectivity index (χ0) is 17.1. The van der Waals surface area contributed by atoms with Crippen LogP contribution in [0, 0.1) is 12.3 Å². The summed E-state index contributed by atoms with van der Waals surface area (Å²) in [6, 6.07) is 11.8. The van der Waals surface area contributed by atoms with E-state index in [1.807, 2.05) is 49.4 Å². The maximum atomic E-state index is 12.5. The van der Waals surface area contributed by atoms with Crippen molar-refractivity contribution in [3.05, 3.63) is 46.9 Å². The van der Waals surface area contributed by atoms with Crippen molar-refractivity contribution in [2.24, 2.45) is 0 Å². The third-order valence-electron chi connectivity index (χ3n) is 3.71. The van der Waals surface area contributed by atoms with E-state index in [1.54, 1.807) is 4.90 Å². The number of hydrogen-bond acceptors (Lipinski definition) is 4. The molecule has 24 heavy (non-hydrogen) atoms. The van der Waals surface area contributed by atoms with E-state index < -0.39 is 0 Å². The Hall–Kier alpha value is -2.29. The number of thiocarbonyl (C=S) groups is 1. The highest BCUT2D eigenvalue weighted by Gasteiger charge is 2.31. The van der Waals surface area contributed by atoms with Gasteiger partial charge >= 0.3 is 0 Å². The summed E-state index contributed by atoms with van der Waals surface area (Å²) in [5.74, 6) is 3.07. The van der Waals surface area contributed by atoms with Crippen LogP contribution in [0.5, 0.6) is 5.75 Å². The van der Waals surface area contributed by atoms with Crippen LogP contribution in [0.4, 0.5) is 0 Å². The average Bonchev–Trinajstić information content (AvgIpc) is 2.87. The number of carbonyl (C=O) groups is 1. The minimum atomic E-state index is -0.0664. The summed E-state index contributed by atoms with van der Waals surface area (Å²) in [5, 5.41) is 2.08. The second-order valence-electron chi connectivity index (χ2n) is 5.12. The topological polar surface area (TPSA) is 29.5 Å². The zero-order valence-corrected chi connectivity index (χ0v) is 14.7. The van der Waals surface area contributed by atoms with Gasteiger partial charge in [0.25, 0.3) is 5.91 Å². The summed E-state index contributed by atoms with van der Waals surface area (Å²) in [6.45, 7) is 2.65. The normalized spacial score (nSPS) is 16.0. The minimum absolute atomic E-state index is 0.0664. The molecule has 1 fully saturated rings. The number of thioether (sulfide) groups is 1. The van der Waals surface area contributed by atoms with Crippen LogP contribution >= 0.6 is 24.0 Å². The molecule has 0 radical (unpaired) electrons. The Morgan fingerprint density at radius 1 is 1.33 bits per heavy atom. The van der Waals surface area contributed by atoms with Gasteiger partial charge in [0.05, 0.1) is 4.91 Å². The van der Waals surface area contributed by atoms with Crippen molar-refractivity contribution in [2.75, 3.05) is 13.2 Å². The molecule has 2 aromatic carbocycles. The molecule has 3 rings (SSSR count). The quantitative estimate of drug-likeness (QED) is 0.471. The molecule has 1 amide bonds. The van der Waals surface area contributed by atoms with Crippen LogP contribution in [0.15, 0.2) is 41.3 Å². The fraction of sp³-hybridized carbons (Fsp3) is 0.158. The van der Waals surface area contributed by atoms with Gasteiger partial charge in [-0.15, -0.1) is 6.42 Å². The predicted octanol–water partition coefficient (Wildman–Crippen LogP) is 4.07. The van der Waals surface area contributed by atoms with Gasteiger partial charge in [-0.05, 0) is 29.8 Å². The van der Waals surface area contributed by atoms with Gasteiger partial charge in [-0.2, -0.15) is 0 Å². The number of likely N-dealkylation sites (N-methyl/N-ethyl adjacent to an activating group) is 1. The molecular formula is C19H15NO2S2. The summed E-state index contributed by atoms with van der Waals surface area (Å²) in [6.07, 6.45) is 7.16. The SMILES string of the molecule is C#CCOc1ccc2ccccc2c1/C=C1\SC(=S)N(CC)C1=O. The monoisotopic (exact) mass is 353 g/mol. The number of amides is 1. The predicted molar refractivity (Wildman–Crippen MR) is 104 cm³/mol. The van der Waals surface area contributed by atoms with E-state index in [4.69, 9.17) is 23.4 Å². The van der Waals surface area contributed by atoms with E-state index in [0.717, 1.165) is 16.3 Å². The molecule has 0 N–H and O–H groups in total. The fourth-order valence-electron chi connectivity index (χ4n) is 2.57. The Morgan fingerprint density at radius 3 is 2.83 bits per heavy atom. The molecule has 5 heteroatoms. The average molecular weight is 353 g/mol. The van der Waals surface area contributed by atoms with Gasteiger partial charge in [0.15, 0.2) is 0 Å². The van der Waals surface area contributed by atoms with Crippen LogP contribution in [0.25, 0.3) is 16.8 Å². The van der Waals surface area contributed by atoms with Crippen LogP contribution in [0.3, 0.4) is 0 Å². The Balaban J connectivity index is 2.13. The van der Waals surface area contributed by atoms with Gasteiger partial charge in [-0.1, -0.05) is 60.2 Å². The first-order valence-electron chi connectivity index (χ1n) is 7.49. The molecule has 0 unspecified atom stereocenters. The Morgan fingerprint density at radius 2 is 2.12 bits per heavy atom. The fourth-order valence-corrected chi connectivity index (χ4v) is 3.94. The van der Waals surface area contributed by atoms with E-state index in [-0.39, 0.29) is 12.5 Å². The van der Waals surface area contributed by atoms with E-state index in [9.17, 15) is 4.79 Å². The van der Waals surface area contributed by atoms with Crippen LogP contribution in [0.1, 0.15) is 12.5 Å².